The van der Waals surface area contributed by atoms with Crippen LogP contribution in [-0.4, -0.2) is 25.1 Å². The first-order valence-electron chi connectivity index (χ1n) is 10.2. The van der Waals surface area contributed by atoms with Crippen molar-refractivity contribution in [3.8, 4) is 5.75 Å². The lowest BCUT2D eigenvalue weighted by Crippen LogP contribution is -2.16. The Labute approximate surface area is 186 Å². The third-order valence-corrected chi connectivity index (χ3v) is 5.18. The number of nitrogens with zero attached hydrogens (tertiary/aromatic N) is 3. The van der Waals surface area contributed by atoms with Gasteiger partial charge in [0.25, 0.3) is 5.91 Å². The quantitative estimate of drug-likeness (QED) is 0.355. The minimum Gasteiger partial charge on any atom is -0.506 e. The molecule has 1 amide bonds. The Balaban J connectivity index is 1.76. The lowest BCUT2D eigenvalue weighted by molar-refractivity contribution is 0.102. The largest absolute Gasteiger partial charge is 0.506 e. The number of fused-ring (bicyclic) bond motifs is 1. The molecule has 0 aromatic heterocycles. The van der Waals surface area contributed by atoms with E-state index >= 15 is 0 Å². The number of nitrogens with one attached hydrogen (secondary N) is 1. The second-order valence-corrected chi connectivity index (χ2v) is 7.74. The molecule has 6 nitrogen and oxygen atoms in total. The molecule has 0 fully saturated rings. The van der Waals surface area contributed by atoms with Gasteiger partial charge in [-0.2, -0.15) is 5.11 Å². The van der Waals surface area contributed by atoms with Gasteiger partial charge in [0, 0.05) is 24.9 Å². The zero-order chi connectivity index (χ0) is 22.7. The number of hydrogen-bond donors (Lipinski definition) is 2. The van der Waals surface area contributed by atoms with Crippen LogP contribution in [0.2, 0.25) is 0 Å². The molecule has 0 saturated carbocycles. The highest BCUT2D eigenvalue weighted by Gasteiger charge is 2.18. The number of anilines is 2. The van der Waals surface area contributed by atoms with Crippen molar-refractivity contribution in [2.45, 2.75) is 6.92 Å². The number of azo groups is 1. The Morgan fingerprint density at radius 1 is 0.875 bits per heavy atom. The maximum absolute atomic E-state index is 13.2. The van der Waals surface area contributed by atoms with Crippen LogP contribution in [0.4, 0.5) is 22.7 Å². The summed E-state index contributed by atoms with van der Waals surface area (Å²) in [7, 11) is 3.81. The van der Waals surface area contributed by atoms with Gasteiger partial charge >= 0.3 is 0 Å². The molecule has 4 aromatic rings. The summed E-state index contributed by atoms with van der Waals surface area (Å²) in [6.07, 6.45) is 0. The summed E-state index contributed by atoms with van der Waals surface area (Å²) in [5, 5.41) is 23.8. The fourth-order valence-corrected chi connectivity index (χ4v) is 3.48. The normalized spacial score (nSPS) is 11.1. The van der Waals surface area contributed by atoms with E-state index in [1.165, 1.54) is 0 Å². The van der Waals surface area contributed by atoms with Gasteiger partial charge in [-0.1, -0.05) is 54.1 Å². The van der Waals surface area contributed by atoms with Crippen LogP contribution in [0, 0.1) is 6.92 Å². The number of aromatic hydroxyl groups is 1. The van der Waals surface area contributed by atoms with E-state index in [0.717, 1.165) is 11.3 Å². The summed E-state index contributed by atoms with van der Waals surface area (Å²) in [6, 6.07) is 24.0. The van der Waals surface area contributed by atoms with E-state index in [1.54, 1.807) is 12.1 Å². The lowest BCUT2D eigenvalue weighted by atomic mass is 10.0. The van der Waals surface area contributed by atoms with Gasteiger partial charge in [-0.3, -0.25) is 4.79 Å². The van der Waals surface area contributed by atoms with Gasteiger partial charge in [0.15, 0.2) is 0 Å². The average Bonchev–Trinajstić information content (AvgIpc) is 2.80. The van der Waals surface area contributed by atoms with Gasteiger partial charge in [0.05, 0.1) is 28.3 Å². The molecule has 32 heavy (non-hydrogen) atoms. The minimum absolute atomic E-state index is 0.0882. The molecule has 0 bridgehead atoms. The van der Waals surface area contributed by atoms with E-state index in [1.807, 2.05) is 92.6 Å². The molecule has 160 valence electrons. The van der Waals surface area contributed by atoms with Crippen molar-refractivity contribution in [1.82, 2.24) is 0 Å². The number of carbonyl (C=O) groups excluding carboxylic acids is 1. The summed E-state index contributed by atoms with van der Waals surface area (Å²) >= 11 is 0. The van der Waals surface area contributed by atoms with Crippen molar-refractivity contribution in [2.24, 2.45) is 10.2 Å². The van der Waals surface area contributed by atoms with Crippen LogP contribution in [0.1, 0.15) is 15.9 Å². The molecule has 0 aliphatic carbocycles. The van der Waals surface area contributed by atoms with Crippen molar-refractivity contribution in [3.63, 3.8) is 0 Å². The summed E-state index contributed by atoms with van der Waals surface area (Å²) < 4.78 is 0. The molecule has 4 aromatic carbocycles. The van der Waals surface area contributed by atoms with Crippen molar-refractivity contribution in [2.75, 3.05) is 24.3 Å². The molecule has 0 aliphatic rings. The molecule has 0 aliphatic heterocycles. The van der Waals surface area contributed by atoms with E-state index in [0.29, 0.717) is 27.8 Å². The highest BCUT2D eigenvalue weighted by atomic mass is 16.3. The number of hydrogen-bond acceptors (Lipinski definition) is 5. The molecule has 0 spiro atoms. The molecular formula is C26H24N4O2. The number of phenols is 1. The average molecular weight is 425 g/mol. The number of para-hydroxylation sites is 2. The number of benzene rings is 4. The molecule has 0 unspecified atom stereocenters. The van der Waals surface area contributed by atoms with Gasteiger partial charge < -0.3 is 15.3 Å². The maximum atomic E-state index is 13.2. The lowest BCUT2D eigenvalue weighted by Gasteiger charge is -2.18. The molecule has 0 saturated heterocycles. The van der Waals surface area contributed by atoms with Crippen LogP contribution in [0.25, 0.3) is 10.8 Å². The van der Waals surface area contributed by atoms with Gasteiger partial charge in [-0.05, 0) is 37.3 Å². The number of aryl methyl sites for hydroxylation is 1. The third kappa shape index (κ3) is 4.30. The predicted octanol–water partition coefficient (Wildman–Crippen LogP) is 6.59. The van der Waals surface area contributed by atoms with Crippen LogP contribution in [0.3, 0.4) is 0 Å². The molecule has 2 N–H and O–H groups in total. The Bertz CT molecular complexity index is 1310. The molecule has 4 rings (SSSR count). The first-order valence-corrected chi connectivity index (χ1v) is 10.2. The zero-order valence-corrected chi connectivity index (χ0v) is 18.2. The minimum atomic E-state index is -0.422. The number of phenolic OH excluding ortho intramolecular Hbond substituents is 1. The van der Waals surface area contributed by atoms with E-state index in [9.17, 15) is 9.90 Å². The smallest absolute Gasteiger partial charge is 0.259 e. The maximum Gasteiger partial charge on any atom is 0.259 e. The summed E-state index contributed by atoms with van der Waals surface area (Å²) in [6.45, 7) is 2.01. The van der Waals surface area contributed by atoms with Gasteiger partial charge in [-0.25, -0.2) is 0 Å². The van der Waals surface area contributed by atoms with E-state index in [4.69, 9.17) is 0 Å². The molecule has 0 radical (unpaired) electrons. The van der Waals surface area contributed by atoms with Crippen molar-refractivity contribution in [1.29, 1.82) is 0 Å². The fraction of sp³-hybridized carbons (Fsp3) is 0.115. The standard InChI is InChI=1S/C26H24N4O2/c1-17-12-14-18(15-13-17)28-29-23-16-21(25(31)20-9-5-4-8-19(20)23)26(32)27-22-10-6-7-11-24(22)30(2)3/h4-16,31H,1-3H3,(H,27,32). The fourth-order valence-electron chi connectivity index (χ4n) is 3.48. The Morgan fingerprint density at radius 3 is 2.25 bits per heavy atom. The molecule has 0 atom stereocenters. The topological polar surface area (TPSA) is 77.3 Å². The van der Waals surface area contributed by atoms with Crippen LogP contribution in [0.5, 0.6) is 5.75 Å². The highest BCUT2D eigenvalue weighted by molar-refractivity contribution is 6.13. The van der Waals surface area contributed by atoms with Gasteiger partial charge in [0.1, 0.15) is 5.75 Å². The van der Waals surface area contributed by atoms with Crippen molar-refractivity contribution >= 4 is 39.4 Å². The molecule has 0 heterocycles. The van der Waals surface area contributed by atoms with Crippen molar-refractivity contribution < 1.29 is 9.90 Å². The number of carbonyl (C=O) groups is 1. The second-order valence-electron chi connectivity index (χ2n) is 7.74. The van der Waals surface area contributed by atoms with Crippen molar-refractivity contribution in [3.05, 3.63) is 90.0 Å². The van der Waals surface area contributed by atoms with Crippen LogP contribution >= 0.6 is 0 Å². The van der Waals surface area contributed by atoms with Crippen LogP contribution < -0.4 is 10.2 Å². The Hall–Kier alpha value is -4.19. The Kier molecular flexibility index (Phi) is 5.85. The third-order valence-electron chi connectivity index (χ3n) is 5.18. The summed E-state index contributed by atoms with van der Waals surface area (Å²) in [5.41, 5.74) is 3.99. The number of rotatable bonds is 5. The van der Waals surface area contributed by atoms with Gasteiger partial charge in [0.2, 0.25) is 0 Å². The van der Waals surface area contributed by atoms with Gasteiger partial charge in [-0.15, -0.1) is 5.11 Å². The number of amides is 1. The van der Waals surface area contributed by atoms with E-state index < -0.39 is 5.91 Å². The summed E-state index contributed by atoms with van der Waals surface area (Å²) in [4.78, 5) is 15.1. The van der Waals surface area contributed by atoms with E-state index in [2.05, 4.69) is 15.5 Å². The molecular weight excluding hydrogens is 400 g/mol. The van der Waals surface area contributed by atoms with Crippen LogP contribution in [0.15, 0.2) is 89.1 Å². The monoisotopic (exact) mass is 424 g/mol. The second kappa shape index (κ2) is 8.89. The summed E-state index contributed by atoms with van der Waals surface area (Å²) in [5.74, 6) is -0.510. The Morgan fingerprint density at radius 2 is 1.53 bits per heavy atom. The predicted molar refractivity (Wildman–Crippen MR) is 130 cm³/mol. The highest BCUT2D eigenvalue weighted by Crippen LogP contribution is 2.37. The SMILES string of the molecule is Cc1ccc(N=Nc2cc(C(=O)Nc3ccccc3N(C)C)c(O)c3ccccc23)cc1. The zero-order valence-electron chi connectivity index (χ0n) is 18.2. The molecule has 6 heteroatoms. The van der Waals surface area contributed by atoms with E-state index in [-0.39, 0.29) is 11.3 Å². The first kappa shape index (κ1) is 21.1. The first-order chi connectivity index (χ1) is 15.4. The van der Waals surface area contributed by atoms with Crippen LogP contribution in [-0.2, 0) is 0 Å².